The van der Waals surface area contributed by atoms with Gasteiger partial charge in [-0.2, -0.15) is 0 Å². The zero-order chi connectivity index (χ0) is 47.8. The van der Waals surface area contributed by atoms with Gasteiger partial charge >= 0.3 is 0 Å². The highest BCUT2D eigenvalue weighted by Crippen LogP contribution is 2.38. The van der Waals surface area contributed by atoms with Gasteiger partial charge in [-0.1, -0.05) is 263 Å². The number of hydrogen-bond donors (Lipinski definition) is 2. The number of amides is 1. The molecule has 0 heterocycles. The van der Waals surface area contributed by atoms with Gasteiger partial charge in [0.05, 0.1) is 39.9 Å². The van der Waals surface area contributed by atoms with Crippen LogP contribution in [0, 0.1) is 0 Å². The van der Waals surface area contributed by atoms with Crippen LogP contribution in [0.25, 0.3) is 0 Å². The Kier molecular flexibility index (Phi) is 47.3. The Morgan fingerprint density at radius 1 is 0.523 bits per heavy atom. The van der Waals surface area contributed by atoms with E-state index >= 15 is 0 Å². The molecule has 0 saturated heterocycles. The Balaban J connectivity index is 3.85. The number of phosphoric acid groups is 1. The second-order valence-corrected chi connectivity index (χ2v) is 22.1. The summed E-state index contributed by atoms with van der Waals surface area (Å²) in [7, 11) is 1.25. The predicted molar refractivity (Wildman–Crippen MR) is 279 cm³/mol. The van der Waals surface area contributed by atoms with Gasteiger partial charge in [-0.3, -0.25) is 9.36 Å². The van der Waals surface area contributed by atoms with E-state index in [9.17, 15) is 19.4 Å². The number of carbonyl (C=O) groups excluding carboxylic acids is 1. The lowest BCUT2D eigenvalue weighted by molar-refractivity contribution is -0.870. The van der Waals surface area contributed by atoms with Crippen molar-refractivity contribution in [1.82, 2.24) is 5.32 Å². The maximum atomic E-state index is 12.9. The summed E-state index contributed by atoms with van der Waals surface area (Å²) >= 11 is 0. The summed E-state index contributed by atoms with van der Waals surface area (Å²) in [5, 5.41) is 13.7. The topological polar surface area (TPSA) is 108 Å². The fraction of sp³-hybridized carbons (Fsp3) is 0.911. The second-order valence-electron chi connectivity index (χ2n) is 20.6. The van der Waals surface area contributed by atoms with Crippen molar-refractivity contribution >= 4 is 13.7 Å². The van der Waals surface area contributed by atoms with Crippen molar-refractivity contribution in [2.75, 3.05) is 40.9 Å². The predicted octanol–water partition coefficient (Wildman–Crippen LogP) is 16.2. The van der Waals surface area contributed by atoms with E-state index in [4.69, 9.17) is 9.05 Å². The number of likely N-dealkylation sites (N-methyl/N-ethyl adjacent to an activating group) is 1. The average molecular weight is 939 g/mol. The molecule has 2 N–H and O–H groups in total. The monoisotopic (exact) mass is 939 g/mol. The first-order valence-electron chi connectivity index (χ1n) is 28.2. The Morgan fingerprint density at radius 2 is 0.862 bits per heavy atom. The molecule has 0 aromatic heterocycles. The third kappa shape index (κ3) is 50.7. The molecule has 0 aromatic rings. The minimum absolute atomic E-state index is 0.00450. The Morgan fingerprint density at radius 3 is 1.25 bits per heavy atom. The lowest BCUT2D eigenvalue weighted by atomic mass is 10.0. The first-order chi connectivity index (χ1) is 31.5. The molecule has 0 fully saturated rings. The molecule has 3 unspecified atom stereocenters. The number of carbonyl (C=O) groups is 1. The molecule has 0 saturated carbocycles. The molecule has 0 radical (unpaired) electrons. The van der Waals surface area contributed by atoms with Crippen molar-refractivity contribution in [2.24, 2.45) is 0 Å². The standard InChI is InChI=1S/C56H111N2O6P/c1-6-8-10-12-14-16-17-18-19-20-21-22-23-24-25-26-27-28-29-30-31-32-33-34-35-36-37-38-39-40-42-44-46-48-50-56(60)57-54(53-64-65(61,62)63-52-51-58(3,4)5)55(59)49-47-45-43-41-15-13-11-9-7-2/h15,41,47,49,54-55,59H,6-14,16-40,42-46,48,50-53H2,1-5H3,(H-,57,60,61,62)/b41-15+,49-47+. The van der Waals surface area contributed by atoms with Crippen LogP contribution in [0.2, 0.25) is 0 Å². The average Bonchev–Trinajstić information content (AvgIpc) is 3.26. The molecule has 8 nitrogen and oxygen atoms in total. The summed E-state index contributed by atoms with van der Waals surface area (Å²) in [4.78, 5) is 25.3. The number of nitrogens with one attached hydrogen (secondary N) is 1. The van der Waals surface area contributed by atoms with E-state index in [-0.39, 0.29) is 19.1 Å². The maximum Gasteiger partial charge on any atom is 0.268 e. The van der Waals surface area contributed by atoms with E-state index in [2.05, 4.69) is 31.3 Å². The molecule has 1 amide bonds. The molecule has 9 heteroatoms. The number of aliphatic hydroxyl groups excluding tert-OH is 1. The van der Waals surface area contributed by atoms with Gasteiger partial charge in [0, 0.05) is 6.42 Å². The smallest absolute Gasteiger partial charge is 0.268 e. The summed E-state index contributed by atoms with van der Waals surface area (Å²) < 4.78 is 23.2. The number of aliphatic hydroxyl groups is 1. The number of quaternary nitrogens is 1. The molecule has 0 aliphatic heterocycles. The first-order valence-corrected chi connectivity index (χ1v) is 29.7. The van der Waals surface area contributed by atoms with Gasteiger partial charge in [0.15, 0.2) is 0 Å². The molecule has 0 bridgehead atoms. The van der Waals surface area contributed by atoms with Crippen LogP contribution < -0.4 is 10.2 Å². The summed E-state index contributed by atoms with van der Waals surface area (Å²) in [6.45, 7) is 4.60. The van der Waals surface area contributed by atoms with Gasteiger partial charge in [-0.15, -0.1) is 0 Å². The van der Waals surface area contributed by atoms with Crippen LogP contribution in [-0.4, -0.2) is 68.5 Å². The highest BCUT2D eigenvalue weighted by atomic mass is 31.2. The number of rotatable bonds is 52. The highest BCUT2D eigenvalue weighted by Gasteiger charge is 2.23. The minimum Gasteiger partial charge on any atom is -0.756 e. The van der Waals surface area contributed by atoms with Crippen molar-refractivity contribution < 1.29 is 32.9 Å². The number of nitrogens with zero attached hydrogens (tertiary/aromatic N) is 1. The molecular weight excluding hydrogens is 828 g/mol. The van der Waals surface area contributed by atoms with Crippen LogP contribution >= 0.6 is 7.82 Å². The van der Waals surface area contributed by atoms with Crippen LogP contribution in [0.1, 0.15) is 277 Å². The van der Waals surface area contributed by atoms with Gasteiger partial charge in [0.25, 0.3) is 7.82 Å². The molecule has 0 aliphatic carbocycles. The summed E-state index contributed by atoms with van der Waals surface area (Å²) in [5.74, 6) is -0.205. The third-order valence-electron chi connectivity index (χ3n) is 12.9. The minimum atomic E-state index is -4.59. The zero-order valence-corrected chi connectivity index (χ0v) is 44.9. The molecule has 0 aliphatic rings. The van der Waals surface area contributed by atoms with Crippen LogP contribution in [0.15, 0.2) is 24.3 Å². The van der Waals surface area contributed by atoms with Gasteiger partial charge in [0.2, 0.25) is 5.91 Å². The fourth-order valence-electron chi connectivity index (χ4n) is 8.47. The highest BCUT2D eigenvalue weighted by molar-refractivity contribution is 7.45. The van der Waals surface area contributed by atoms with Crippen molar-refractivity contribution in [2.45, 2.75) is 289 Å². The molecule has 3 atom stereocenters. The molecular formula is C56H111N2O6P. The summed E-state index contributed by atoms with van der Waals surface area (Å²) in [6, 6.07) is -0.897. The van der Waals surface area contributed by atoms with E-state index in [0.29, 0.717) is 17.4 Å². The van der Waals surface area contributed by atoms with Gasteiger partial charge in [-0.05, 0) is 32.1 Å². The Hall–Kier alpha value is -1.02. The van der Waals surface area contributed by atoms with E-state index in [1.807, 2.05) is 27.2 Å². The first kappa shape index (κ1) is 64.0. The van der Waals surface area contributed by atoms with Crippen molar-refractivity contribution in [3.8, 4) is 0 Å². The van der Waals surface area contributed by atoms with Crippen LogP contribution in [0.4, 0.5) is 0 Å². The molecule has 0 aromatic carbocycles. The SMILES string of the molecule is CCCCC/C=C/CC/C=C/C(O)C(COP(=O)([O-])OCC[N+](C)(C)C)NC(=O)CCCCCCCCCCCCCCCCCCCCCCCCCCCCCCCCCCCC. The van der Waals surface area contributed by atoms with E-state index in [0.717, 1.165) is 38.5 Å². The van der Waals surface area contributed by atoms with Gasteiger partial charge in [-0.25, -0.2) is 0 Å². The summed E-state index contributed by atoms with van der Waals surface area (Å²) in [6.07, 6.45) is 60.2. The Bertz CT molecular complexity index is 1110. The number of phosphoric ester groups is 1. The van der Waals surface area contributed by atoms with E-state index in [1.54, 1.807) is 6.08 Å². The van der Waals surface area contributed by atoms with E-state index in [1.165, 1.54) is 218 Å². The summed E-state index contributed by atoms with van der Waals surface area (Å²) in [5.41, 5.74) is 0. The third-order valence-corrected chi connectivity index (χ3v) is 13.9. The molecule has 386 valence electrons. The lowest BCUT2D eigenvalue weighted by Crippen LogP contribution is -2.45. The van der Waals surface area contributed by atoms with E-state index < -0.39 is 20.0 Å². The van der Waals surface area contributed by atoms with Crippen molar-refractivity contribution in [3.05, 3.63) is 24.3 Å². The largest absolute Gasteiger partial charge is 0.756 e. The molecule has 65 heavy (non-hydrogen) atoms. The second kappa shape index (κ2) is 48.0. The normalized spacial score (nSPS) is 14.1. The van der Waals surface area contributed by atoms with Crippen molar-refractivity contribution in [1.29, 1.82) is 0 Å². The van der Waals surface area contributed by atoms with Gasteiger partial charge in [0.1, 0.15) is 13.2 Å². The number of unbranched alkanes of at least 4 members (excludes halogenated alkanes) is 37. The Labute approximate surface area is 404 Å². The van der Waals surface area contributed by atoms with Crippen LogP contribution in [-0.2, 0) is 18.4 Å². The van der Waals surface area contributed by atoms with Crippen LogP contribution in [0.5, 0.6) is 0 Å². The lowest BCUT2D eigenvalue weighted by Gasteiger charge is -2.29. The fourth-order valence-corrected chi connectivity index (χ4v) is 9.19. The molecule has 0 spiro atoms. The zero-order valence-electron chi connectivity index (χ0n) is 44.0. The maximum absolute atomic E-state index is 12.9. The quantitative estimate of drug-likeness (QED) is 0.0272. The van der Waals surface area contributed by atoms with Crippen LogP contribution in [0.3, 0.4) is 0 Å². The number of allylic oxidation sites excluding steroid dienone is 3. The number of hydrogen-bond acceptors (Lipinski definition) is 6. The molecule has 0 rings (SSSR count). The van der Waals surface area contributed by atoms with Crippen molar-refractivity contribution in [3.63, 3.8) is 0 Å². The van der Waals surface area contributed by atoms with Gasteiger partial charge < -0.3 is 28.8 Å².